The molecule has 0 aliphatic rings. The first-order chi connectivity index (χ1) is 15.0. The molecule has 0 atom stereocenters. The molecule has 0 radical (unpaired) electrons. The summed E-state index contributed by atoms with van der Waals surface area (Å²) in [5.41, 5.74) is 0.754. The van der Waals surface area contributed by atoms with Crippen LogP contribution in [-0.4, -0.2) is 22.5 Å². The average molecular weight is 471 g/mol. The molecule has 0 saturated carbocycles. The first-order valence-corrected chi connectivity index (χ1v) is 11.8. The minimum Gasteiger partial charge on any atom is -0.462 e. The molecular weight excluding hydrogens is 452 g/mol. The van der Waals surface area contributed by atoms with Gasteiger partial charge in [0, 0.05) is 9.92 Å². The third-order valence-electron chi connectivity index (χ3n) is 4.40. The monoisotopic (exact) mass is 470 g/mol. The molecule has 158 valence electrons. The molecule has 0 unspecified atom stereocenters. The number of hydrogen-bond acceptors (Lipinski definition) is 7. The van der Waals surface area contributed by atoms with Crippen molar-refractivity contribution in [2.24, 2.45) is 0 Å². The highest BCUT2D eigenvalue weighted by Crippen LogP contribution is 2.38. The van der Waals surface area contributed by atoms with Gasteiger partial charge in [-0.05, 0) is 55.8 Å². The molecule has 8 heteroatoms. The second kappa shape index (κ2) is 9.68. The highest BCUT2D eigenvalue weighted by Gasteiger charge is 2.22. The number of rotatable bonds is 7. The van der Waals surface area contributed by atoms with E-state index in [2.05, 4.69) is 4.98 Å². The van der Waals surface area contributed by atoms with E-state index >= 15 is 0 Å². The number of nitrogens with zero attached hydrogens (tertiary/aromatic N) is 2. The van der Waals surface area contributed by atoms with Crippen molar-refractivity contribution in [2.75, 3.05) is 6.61 Å². The van der Waals surface area contributed by atoms with Crippen LogP contribution in [0.3, 0.4) is 0 Å². The molecule has 0 amide bonds. The van der Waals surface area contributed by atoms with Crippen molar-refractivity contribution in [3.8, 4) is 11.6 Å². The summed E-state index contributed by atoms with van der Waals surface area (Å²) >= 11 is 8.93. The number of fused-ring (bicyclic) bond motifs is 1. The SMILES string of the molecule is CCOC(=O)c1sc2nc(CSc3ccccc3)nc(Oc3ccc(Cl)cc3)c2c1C. The Morgan fingerprint density at radius 2 is 1.84 bits per heavy atom. The van der Waals surface area contributed by atoms with E-state index in [1.807, 2.05) is 37.3 Å². The maximum atomic E-state index is 12.4. The Balaban J connectivity index is 1.74. The number of halogens is 1. The Kier molecular flexibility index (Phi) is 6.75. The molecule has 2 heterocycles. The van der Waals surface area contributed by atoms with Crippen LogP contribution in [0, 0.1) is 6.92 Å². The summed E-state index contributed by atoms with van der Waals surface area (Å²) < 4.78 is 11.3. The van der Waals surface area contributed by atoms with Crippen LogP contribution in [0.25, 0.3) is 10.2 Å². The van der Waals surface area contributed by atoms with Crippen molar-refractivity contribution in [2.45, 2.75) is 24.5 Å². The number of aryl methyl sites for hydroxylation is 1. The van der Waals surface area contributed by atoms with Gasteiger partial charge >= 0.3 is 5.97 Å². The van der Waals surface area contributed by atoms with Gasteiger partial charge in [-0.25, -0.2) is 9.78 Å². The predicted octanol–water partition coefficient (Wildman–Crippen LogP) is 6.91. The largest absolute Gasteiger partial charge is 0.462 e. The number of thiophene rings is 1. The summed E-state index contributed by atoms with van der Waals surface area (Å²) in [5, 5.41) is 1.34. The van der Waals surface area contributed by atoms with E-state index in [1.54, 1.807) is 43.0 Å². The third kappa shape index (κ3) is 5.01. The number of ether oxygens (including phenoxy) is 2. The number of esters is 1. The Labute approximate surface area is 193 Å². The van der Waals surface area contributed by atoms with Crippen molar-refractivity contribution in [3.05, 3.63) is 75.9 Å². The molecule has 4 aromatic rings. The zero-order valence-corrected chi connectivity index (χ0v) is 19.3. The highest BCUT2D eigenvalue weighted by atomic mass is 35.5. The Morgan fingerprint density at radius 3 is 2.55 bits per heavy atom. The number of carbonyl (C=O) groups excluding carboxylic acids is 1. The fraction of sp³-hybridized carbons (Fsp3) is 0.174. The van der Waals surface area contributed by atoms with Crippen molar-refractivity contribution >= 4 is 50.9 Å². The number of thioether (sulfide) groups is 1. The molecule has 0 fully saturated rings. The van der Waals surface area contributed by atoms with Gasteiger partial charge in [-0.1, -0.05) is 29.8 Å². The van der Waals surface area contributed by atoms with E-state index in [0.717, 1.165) is 15.8 Å². The molecule has 0 aliphatic heterocycles. The van der Waals surface area contributed by atoms with Crippen LogP contribution < -0.4 is 4.74 Å². The van der Waals surface area contributed by atoms with Gasteiger partial charge in [-0.2, -0.15) is 4.98 Å². The van der Waals surface area contributed by atoms with E-state index in [1.165, 1.54) is 11.3 Å². The van der Waals surface area contributed by atoms with E-state index < -0.39 is 0 Å². The lowest BCUT2D eigenvalue weighted by Gasteiger charge is -2.09. The summed E-state index contributed by atoms with van der Waals surface area (Å²) in [5.74, 6) is 1.86. The van der Waals surface area contributed by atoms with Gasteiger partial charge < -0.3 is 9.47 Å². The normalized spacial score (nSPS) is 10.9. The minimum absolute atomic E-state index is 0.311. The minimum atomic E-state index is -0.361. The molecule has 5 nitrogen and oxygen atoms in total. The summed E-state index contributed by atoms with van der Waals surface area (Å²) in [6.07, 6.45) is 0. The molecule has 31 heavy (non-hydrogen) atoms. The molecule has 2 aromatic heterocycles. The van der Waals surface area contributed by atoms with Crippen LogP contribution in [-0.2, 0) is 10.5 Å². The van der Waals surface area contributed by atoms with Crippen molar-refractivity contribution < 1.29 is 14.3 Å². The Morgan fingerprint density at radius 1 is 1.10 bits per heavy atom. The lowest BCUT2D eigenvalue weighted by molar-refractivity contribution is 0.0531. The fourth-order valence-corrected chi connectivity index (χ4v) is 4.94. The molecule has 0 spiro atoms. The maximum absolute atomic E-state index is 12.4. The summed E-state index contributed by atoms with van der Waals surface area (Å²) in [4.78, 5) is 24.1. The lowest BCUT2D eigenvalue weighted by Crippen LogP contribution is -2.03. The molecule has 0 saturated heterocycles. The van der Waals surface area contributed by atoms with Crippen LogP contribution in [0.1, 0.15) is 28.0 Å². The van der Waals surface area contributed by atoms with Crippen LogP contribution >= 0.6 is 34.7 Å². The standard InChI is InChI=1S/C23H19ClN2O3S2/c1-3-28-23(27)20-14(2)19-21(29-16-11-9-15(24)10-12-16)25-18(26-22(19)31-20)13-30-17-7-5-4-6-8-17/h4-12H,3,13H2,1-2H3. The highest BCUT2D eigenvalue weighted by molar-refractivity contribution is 7.98. The van der Waals surface area contributed by atoms with Crippen LogP contribution in [0.5, 0.6) is 11.6 Å². The van der Waals surface area contributed by atoms with Gasteiger partial charge in [0.1, 0.15) is 21.3 Å². The number of carbonyl (C=O) groups is 1. The second-order valence-electron chi connectivity index (χ2n) is 6.56. The summed E-state index contributed by atoms with van der Waals surface area (Å²) in [6, 6.07) is 17.1. The number of aromatic nitrogens is 2. The number of hydrogen-bond donors (Lipinski definition) is 0. The summed E-state index contributed by atoms with van der Waals surface area (Å²) in [7, 11) is 0. The van der Waals surface area contributed by atoms with Crippen LogP contribution in [0.15, 0.2) is 59.5 Å². The van der Waals surface area contributed by atoms with E-state index in [-0.39, 0.29) is 5.97 Å². The van der Waals surface area contributed by atoms with Gasteiger partial charge in [-0.3, -0.25) is 0 Å². The van der Waals surface area contributed by atoms with Gasteiger partial charge in [0.2, 0.25) is 5.88 Å². The fourth-order valence-electron chi connectivity index (χ4n) is 2.95. The quantitative estimate of drug-likeness (QED) is 0.216. The predicted molar refractivity (Wildman–Crippen MR) is 126 cm³/mol. The average Bonchev–Trinajstić information content (AvgIpc) is 3.11. The van der Waals surface area contributed by atoms with E-state index in [0.29, 0.717) is 44.5 Å². The smallest absolute Gasteiger partial charge is 0.348 e. The lowest BCUT2D eigenvalue weighted by atomic mass is 10.2. The maximum Gasteiger partial charge on any atom is 0.348 e. The number of benzene rings is 2. The molecule has 4 rings (SSSR count). The van der Waals surface area contributed by atoms with Gasteiger partial charge in [-0.15, -0.1) is 23.1 Å². The Hall–Kier alpha value is -2.61. The van der Waals surface area contributed by atoms with E-state index in [9.17, 15) is 4.79 Å². The van der Waals surface area contributed by atoms with Gasteiger partial charge in [0.15, 0.2) is 0 Å². The first kappa shape index (κ1) is 21.6. The molecule has 0 N–H and O–H groups in total. The second-order valence-corrected chi connectivity index (χ2v) is 9.04. The van der Waals surface area contributed by atoms with Gasteiger partial charge in [0.25, 0.3) is 0 Å². The summed E-state index contributed by atoms with van der Waals surface area (Å²) in [6.45, 7) is 3.96. The molecular formula is C23H19ClN2O3S2. The van der Waals surface area contributed by atoms with Crippen LogP contribution in [0.2, 0.25) is 5.02 Å². The molecule has 0 aliphatic carbocycles. The molecule has 0 bridgehead atoms. The van der Waals surface area contributed by atoms with Crippen molar-refractivity contribution in [3.63, 3.8) is 0 Å². The van der Waals surface area contributed by atoms with E-state index in [4.69, 9.17) is 26.1 Å². The zero-order chi connectivity index (χ0) is 21.8. The van der Waals surface area contributed by atoms with Crippen molar-refractivity contribution in [1.82, 2.24) is 9.97 Å². The van der Waals surface area contributed by atoms with Crippen molar-refractivity contribution in [1.29, 1.82) is 0 Å². The Bertz CT molecular complexity index is 1210. The van der Waals surface area contributed by atoms with Crippen LogP contribution in [0.4, 0.5) is 0 Å². The topological polar surface area (TPSA) is 61.3 Å². The van der Waals surface area contributed by atoms with Gasteiger partial charge in [0.05, 0.1) is 17.7 Å². The zero-order valence-electron chi connectivity index (χ0n) is 16.9. The third-order valence-corrected chi connectivity index (χ3v) is 6.83. The first-order valence-electron chi connectivity index (χ1n) is 9.63. The molecule has 2 aromatic carbocycles.